The van der Waals surface area contributed by atoms with Gasteiger partial charge in [0.2, 0.25) is 11.8 Å². The number of aromatic amines is 1. The molecule has 0 spiro atoms. The molecule has 1 amide bonds. The zero-order valence-electron chi connectivity index (χ0n) is 15.2. The highest BCUT2D eigenvalue weighted by Crippen LogP contribution is 2.26. The summed E-state index contributed by atoms with van der Waals surface area (Å²) in [5.41, 5.74) is 0. The number of nitrogens with zero attached hydrogens (tertiary/aromatic N) is 4. The van der Waals surface area contributed by atoms with Crippen LogP contribution in [0.5, 0.6) is 0 Å². The van der Waals surface area contributed by atoms with E-state index in [0.717, 1.165) is 32.5 Å². The molecule has 1 aromatic heterocycles. The Bertz CT molecular complexity index is 618. The van der Waals surface area contributed by atoms with Gasteiger partial charge in [-0.3, -0.25) is 4.79 Å². The van der Waals surface area contributed by atoms with E-state index in [1.54, 1.807) is 0 Å². The molecule has 1 N–H and O–H groups in total. The minimum atomic E-state index is -0.508. The smallest absolute Gasteiger partial charge is 0.392 e. The molecule has 1 atom stereocenters. The molecule has 1 unspecified atom stereocenters. The molecule has 0 saturated carbocycles. The number of likely N-dealkylation sites (N-methyl/N-ethyl adjacent to an activating group) is 1. The van der Waals surface area contributed by atoms with Crippen LogP contribution in [0, 0.1) is 0 Å². The van der Waals surface area contributed by atoms with Gasteiger partial charge >= 0.3 is 5.76 Å². The van der Waals surface area contributed by atoms with E-state index in [1.165, 1.54) is 12.8 Å². The first-order valence-electron chi connectivity index (χ1n) is 9.25. The van der Waals surface area contributed by atoms with Gasteiger partial charge in [0, 0.05) is 44.6 Å². The van der Waals surface area contributed by atoms with Crippen LogP contribution >= 0.6 is 0 Å². The number of nitrogens with one attached hydrogen (secondary N) is 1. The zero-order chi connectivity index (χ0) is 17.8. The normalized spacial score (nSPS) is 23.3. The van der Waals surface area contributed by atoms with Crippen LogP contribution in [0.15, 0.2) is 9.21 Å². The number of piperidine rings is 2. The van der Waals surface area contributed by atoms with Crippen molar-refractivity contribution in [2.75, 3.05) is 46.8 Å². The number of amides is 1. The van der Waals surface area contributed by atoms with Gasteiger partial charge in [-0.25, -0.2) is 9.89 Å². The second-order valence-corrected chi connectivity index (χ2v) is 7.42. The number of aromatic nitrogens is 2. The Morgan fingerprint density at radius 1 is 1.28 bits per heavy atom. The van der Waals surface area contributed by atoms with E-state index in [4.69, 9.17) is 4.42 Å². The summed E-state index contributed by atoms with van der Waals surface area (Å²) < 4.78 is 5.04. The zero-order valence-corrected chi connectivity index (χ0v) is 15.2. The fraction of sp³-hybridized carbons (Fsp3) is 0.824. The van der Waals surface area contributed by atoms with Gasteiger partial charge in [-0.1, -0.05) is 0 Å². The highest BCUT2D eigenvalue weighted by Gasteiger charge is 2.27. The van der Waals surface area contributed by atoms with Crippen LogP contribution in [-0.4, -0.2) is 83.7 Å². The van der Waals surface area contributed by atoms with Crippen molar-refractivity contribution in [1.29, 1.82) is 0 Å². The van der Waals surface area contributed by atoms with E-state index < -0.39 is 5.76 Å². The molecular formula is C17H29N5O3. The Hall–Kier alpha value is -1.67. The van der Waals surface area contributed by atoms with E-state index in [2.05, 4.69) is 34.1 Å². The largest absolute Gasteiger partial charge is 0.434 e. The molecule has 0 aromatic carbocycles. The van der Waals surface area contributed by atoms with E-state index >= 15 is 0 Å². The molecule has 8 nitrogen and oxygen atoms in total. The van der Waals surface area contributed by atoms with E-state index in [-0.39, 0.29) is 11.8 Å². The maximum atomic E-state index is 12.5. The summed E-state index contributed by atoms with van der Waals surface area (Å²) in [4.78, 5) is 30.2. The highest BCUT2D eigenvalue weighted by atomic mass is 16.4. The number of likely N-dealkylation sites (tertiary alicyclic amines) is 2. The Balaban J connectivity index is 1.41. The van der Waals surface area contributed by atoms with Crippen molar-refractivity contribution >= 4 is 5.91 Å². The molecule has 0 aliphatic carbocycles. The Morgan fingerprint density at radius 2 is 2.04 bits per heavy atom. The van der Waals surface area contributed by atoms with E-state index in [1.807, 2.05) is 4.90 Å². The van der Waals surface area contributed by atoms with Crippen molar-refractivity contribution in [2.24, 2.45) is 0 Å². The van der Waals surface area contributed by atoms with Crippen molar-refractivity contribution in [2.45, 2.75) is 44.1 Å². The molecule has 0 bridgehead atoms. The molecule has 1 aromatic rings. The number of rotatable bonds is 5. The molecule has 3 heterocycles. The number of hydrogen-bond donors (Lipinski definition) is 1. The molecule has 8 heteroatoms. The van der Waals surface area contributed by atoms with E-state index in [9.17, 15) is 9.59 Å². The molecule has 2 aliphatic heterocycles. The van der Waals surface area contributed by atoms with Crippen LogP contribution in [0.3, 0.4) is 0 Å². The summed E-state index contributed by atoms with van der Waals surface area (Å²) in [7, 11) is 4.26. The average Bonchev–Trinajstić information content (AvgIpc) is 3.06. The third kappa shape index (κ3) is 4.70. The van der Waals surface area contributed by atoms with Crippen molar-refractivity contribution in [1.82, 2.24) is 24.9 Å². The molecule has 25 heavy (non-hydrogen) atoms. The Labute approximate surface area is 148 Å². The second-order valence-electron chi connectivity index (χ2n) is 7.42. The van der Waals surface area contributed by atoms with Crippen molar-refractivity contribution in [3.05, 3.63) is 16.4 Å². The van der Waals surface area contributed by atoms with Crippen LogP contribution in [0.1, 0.15) is 43.9 Å². The second kappa shape index (κ2) is 8.14. The summed E-state index contributed by atoms with van der Waals surface area (Å²) in [5, 5.41) is 6.22. The standard InChI is InChI=1S/C17H29N5O3/c1-20(2)14-4-3-8-21(12-14)9-7-15(23)22-10-5-13(6-11-22)16-18-19-17(24)25-16/h13-14H,3-12H2,1-2H3,(H,19,24). The molecule has 3 rings (SSSR count). The first kappa shape index (κ1) is 18.1. The monoisotopic (exact) mass is 351 g/mol. The van der Waals surface area contributed by atoms with Gasteiger partial charge in [0.1, 0.15) is 0 Å². The number of carbonyl (C=O) groups is 1. The molecular weight excluding hydrogens is 322 g/mol. The van der Waals surface area contributed by atoms with Crippen molar-refractivity contribution in [3.63, 3.8) is 0 Å². The lowest BCUT2D eigenvalue weighted by atomic mass is 9.96. The molecule has 2 aliphatic rings. The first-order valence-corrected chi connectivity index (χ1v) is 9.25. The summed E-state index contributed by atoms with van der Waals surface area (Å²) in [6, 6.07) is 0.600. The molecule has 2 fully saturated rings. The predicted octanol–water partition coefficient (Wildman–Crippen LogP) is 0.485. The fourth-order valence-electron chi connectivity index (χ4n) is 3.86. The minimum Gasteiger partial charge on any atom is -0.392 e. The van der Waals surface area contributed by atoms with Gasteiger partial charge in [0.15, 0.2) is 0 Å². The maximum absolute atomic E-state index is 12.5. The predicted molar refractivity (Wildman–Crippen MR) is 93.4 cm³/mol. The number of H-pyrrole nitrogens is 1. The third-order valence-corrected chi connectivity index (χ3v) is 5.50. The van der Waals surface area contributed by atoms with E-state index in [0.29, 0.717) is 31.4 Å². The lowest BCUT2D eigenvalue weighted by Crippen LogP contribution is -2.46. The van der Waals surface area contributed by atoms with Gasteiger partial charge in [-0.05, 0) is 46.3 Å². The third-order valence-electron chi connectivity index (χ3n) is 5.50. The Morgan fingerprint density at radius 3 is 2.68 bits per heavy atom. The van der Waals surface area contributed by atoms with Crippen LogP contribution in [0.25, 0.3) is 0 Å². The van der Waals surface area contributed by atoms with Gasteiger partial charge in [-0.2, -0.15) is 0 Å². The summed E-state index contributed by atoms with van der Waals surface area (Å²) >= 11 is 0. The minimum absolute atomic E-state index is 0.131. The first-order chi connectivity index (χ1) is 12.0. The maximum Gasteiger partial charge on any atom is 0.434 e. The molecule has 140 valence electrons. The highest BCUT2D eigenvalue weighted by molar-refractivity contribution is 5.76. The van der Waals surface area contributed by atoms with Crippen LogP contribution in [0.4, 0.5) is 0 Å². The topological polar surface area (TPSA) is 85.7 Å². The van der Waals surface area contributed by atoms with Gasteiger partial charge in [-0.15, -0.1) is 5.10 Å². The fourth-order valence-corrected chi connectivity index (χ4v) is 3.86. The number of hydrogen-bond acceptors (Lipinski definition) is 6. The van der Waals surface area contributed by atoms with Crippen LogP contribution < -0.4 is 5.76 Å². The van der Waals surface area contributed by atoms with Gasteiger partial charge < -0.3 is 19.1 Å². The van der Waals surface area contributed by atoms with Crippen molar-refractivity contribution < 1.29 is 9.21 Å². The molecule has 2 saturated heterocycles. The van der Waals surface area contributed by atoms with Crippen molar-refractivity contribution in [3.8, 4) is 0 Å². The van der Waals surface area contributed by atoms with Crippen LogP contribution in [0.2, 0.25) is 0 Å². The van der Waals surface area contributed by atoms with Crippen LogP contribution in [-0.2, 0) is 4.79 Å². The molecule has 0 radical (unpaired) electrons. The van der Waals surface area contributed by atoms with Gasteiger partial charge in [0.05, 0.1) is 0 Å². The SMILES string of the molecule is CN(C)C1CCCN(CCC(=O)N2CCC(c3n[nH]c(=O)o3)CC2)C1. The quantitative estimate of drug-likeness (QED) is 0.831. The summed E-state index contributed by atoms with van der Waals surface area (Å²) in [5.74, 6) is 0.325. The lowest BCUT2D eigenvalue weighted by molar-refractivity contribution is -0.132. The Kier molecular flexibility index (Phi) is 5.90. The summed E-state index contributed by atoms with van der Waals surface area (Å²) in [6.45, 7) is 4.41. The van der Waals surface area contributed by atoms with Gasteiger partial charge in [0.25, 0.3) is 0 Å². The average molecular weight is 351 g/mol. The summed E-state index contributed by atoms with van der Waals surface area (Å²) in [6.07, 6.45) is 4.63. The number of carbonyl (C=O) groups excluding carboxylic acids is 1. The lowest BCUT2D eigenvalue weighted by Gasteiger charge is -2.36.